The normalized spacial score (nSPS) is 15.0. The van der Waals surface area contributed by atoms with Crippen LogP contribution in [-0.2, 0) is 17.9 Å². The van der Waals surface area contributed by atoms with E-state index in [9.17, 15) is 9.59 Å². The molecule has 9 heteroatoms. The number of carbonyl (C=O) groups excluding carboxylic acids is 2. The van der Waals surface area contributed by atoms with Gasteiger partial charge in [-0.15, -0.1) is 0 Å². The summed E-state index contributed by atoms with van der Waals surface area (Å²) in [4.78, 5) is 37.9. The van der Waals surface area contributed by atoms with Gasteiger partial charge in [-0.1, -0.05) is 20.8 Å². The summed E-state index contributed by atoms with van der Waals surface area (Å²) in [6.07, 6.45) is 4.81. The Hall–Kier alpha value is -2.81. The third-order valence-corrected chi connectivity index (χ3v) is 4.56. The predicted molar refractivity (Wildman–Crippen MR) is 99.7 cm³/mol. The first-order chi connectivity index (χ1) is 12.8. The van der Waals surface area contributed by atoms with E-state index in [1.54, 1.807) is 19.4 Å². The topological polar surface area (TPSA) is 114 Å². The third-order valence-electron chi connectivity index (χ3n) is 4.56. The highest BCUT2D eigenvalue weighted by molar-refractivity contribution is 5.97. The minimum Gasteiger partial charge on any atom is -0.357 e. The first-order valence-electron chi connectivity index (χ1n) is 8.91. The van der Waals surface area contributed by atoms with Crippen LogP contribution >= 0.6 is 0 Å². The number of fused-ring (bicyclic) bond motifs is 1. The highest BCUT2D eigenvalue weighted by Crippen LogP contribution is 2.25. The van der Waals surface area contributed by atoms with Crippen LogP contribution in [0.5, 0.6) is 0 Å². The van der Waals surface area contributed by atoms with E-state index in [2.05, 4.69) is 30.9 Å². The van der Waals surface area contributed by atoms with E-state index < -0.39 is 11.5 Å². The Morgan fingerprint density at radius 2 is 1.96 bits per heavy atom. The lowest BCUT2D eigenvalue weighted by Crippen LogP contribution is -2.53. The van der Waals surface area contributed by atoms with E-state index in [0.717, 1.165) is 17.8 Å². The van der Waals surface area contributed by atoms with Crippen molar-refractivity contribution < 1.29 is 9.59 Å². The quantitative estimate of drug-likeness (QED) is 0.714. The van der Waals surface area contributed by atoms with Gasteiger partial charge < -0.3 is 20.5 Å². The summed E-state index contributed by atoms with van der Waals surface area (Å²) >= 11 is 0. The molecule has 27 heavy (non-hydrogen) atoms. The smallest absolute Gasteiger partial charge is 0.272 e. The van der Waals surface area contributed by atoms with Crippen molar-refractivity contribution in [2.24, 2.45) is 5.41 Å². The first-order valence-corrected chi connectivity index (χ1v) is 8.91. The molecule has 0 aliphatic carbocycles. The summed E-state index contributed by atoms with van der Waals surface area (Å²) in [5.74, 6) is 0.0531. The SMILES string of the molecule is CNC(=O)C(NC(=O)c1nc(-c2cncnc2)n2c1CNCC2)C(C)(C)C. The van der Waals surface area contributed by atoms with Crippen LogP contribution in [0.3, 0.4) is 0 Å². The summed E-state index contributed by atoms with van der Waals surface area (Å²) in [5, 5.41) is 8.73. The molecule has 0 spiro atoms. The van der Waals surface area contributed by atoms with E-state index in [4.69, 9.17) is 0 Å². The molecule has 9 nitrogen and oxygen atoms in total. The second-order valence-corrected chi connectivity index (χ2v) is 7.57. The predicted octanol–water partition coefficient (Wildman–Crippen LogP) is 0.334. The Kier molecular flexibility index (Phi) is 5.22. The van der Waals surface area contributed by atoms with Crippen molar-refractivity contribution in [2.45, 2.75) is 39.9 Å². The van der Waals surface area contributed by atoms with E-state index >= 15 is 0 Å². The van der Waals surface area contributed by atoms with Gasteiger partial charge in [0.1, 0.15) is 18.2 Å². The summed E-state index contributed by atoms with van der Waals surface area (Å²) in [6.45, 7) is 7.73. The fourth-order valence-corrected chi connectivity index (χ4v) is 3.14. The summed E-state index contributed by atoms with van der Waals surface area (Å²) in [7, 11) is 1.56. The van der Waals surface area contributed by atoms with Crippen LogP contribution in [0.1, 0.15) is 37.0 Å². The second-order valence-electron chi connectivity index (χ2n) is 7.57. The Labute approximate surface area is 158 Å². The number of hydrogen-bond donors (Lipinski definition) is 3. The highest BCUT2D eigenvalue weighted by Gasteiger charge is 2.34. The zero-order valence-corrected chi connectivity index (χ0v) is 16.0. The maximum atomic E-state index is 13.0. The molecule has 1 aliphatic heterocycles. The number of hydrogen-bond acceptors (Lipinski definition) is 6. The van der Waals surface area contributed by atoms with Crippen molar-refractivity contribution in [3.05, 3.63) is 30.1 Å². The van der Waals surface area contributed by atoms with Crippen LogP contribution in [-0.4, -0.2) is 51.0 Å². The molecule has 3 N–H and O–H groups in total. The summed E-state index contributed by atoms with van der Waals surface area (Å²) in [6, 6.07) is -0.674. The molecular formula is C18H25N7O2. The van der Waals surface area contributed by atoms with Crippen LogP contribution in [0, 0.1) is 5.41 Å². The average Bonchev–Trinajstić information content (AvgIpc) is 3.05. The lowest BCUT2D eigenvalue weighted by atomic mass is 9.86. The maximum absolute atomic E-state index is 13.0. The van der Waals surface area contributed by atoms with Gasteiger partial charge in [-0.3, -0.25) is 9.59 Å². The molecular weight excluding hydrogens is 346 g/mol. The molecule has 1 aliphatic rings. The number of imidazole rings is 1. The van der Waals surface area contributed by atoms with Crippen molar-refractivity contribution in [1.82, 2.24) is 35.5 Å². The number of nitrogens with zero attached hydrogens (tertiary/aromatic N) is 4. The zero-order chi connectivity index (χ0) is 19.6. The fraction of sp³-hybridized carbons (Fsp3) is 0.500. The van der Waals surface area contributed by atoms with Crippen molar-refractivity contribution >= 4 is 11.8 Å². The van der Waals surface area contributed by atoms with Gasteiger partial charge in [-0.2, -0.15) is 0 Å². The van der Waals surface area contributed by atoms with Crippen LogP contribution in [0.2, 0.25) is 0 Å². The number of nitrogens with one attached hydrogen (secondary N) is 3. The number of rotatable bonds is 4. The first kappa shape index (κ1) is 19.0. The standard InChI is InChI=1S/C18H25N7O2/c1-18(2,3)14(17(27)19-4)24-16(26)13-12-9-20-5-6-25(12)15(23-13)11-7-21-10-22-8-11/h7-8,10,14,20H,5-6,9H2,1-4H3,(H,19,27)(H,24,26). The molecule has 3 heterocycles. The van der Waals surface area contributed by atoms with Crippen molar-refractivity contribution in [3.8, 4) is 11.4 Å². The molecule has 0 aromatic carbocycles. The molecule has 2 amide bonds. The molecule has 1 unspecified atom stereocenters. The van der Waals surface area contributed by atoms with Gasteiger partial charge in [0.2, 0.25) is 5.91 Å². The minimum atomic E-state index is -0.674. The van der Waals surface area contributed by atoms with Crippen LogP contribution in [0.25, 0.3) is 11.4 Å². The van der Waals surface area contributed by atoms with Crippen LogP contribution in [0.4, 0.5) is 0 Å². The number of carbonyl (C=O) groups is 2. The minimum absolute atomic E-state index is 0.237. The molecule has 0 bridgehead atoms. The highest BCUT2D eigenvalue weighted by atomic mass is 16.2. The van der Waals surface area contributed by atoms with E-state index in [1.807, 2.05) is 25.3 Å². The largest absolute Gasteiger partial charge is 0.357 e. The summed E-state index contributed by atoms with van der Waals surface area (Å²) < 4.78 is 2.01. The van der Waals surface area contributed by atoms with Crippen molar-refractivity contribution in [3.63, 3.8) is 0 Å². The molecule has 1 atom stereocenters. The van der Waals surface area contributed by atoms with Crippen LogP contribution < -0.4 is 16.0 Å². The zero-order valence-electron chi connectivity index (χ0n) is 16.0. The molecule has 0 saturated carbocycles. The van der Waals surface area contributed by atoms with E-state index in [-0.39, 0.29) is 11.8 Å². The van der Waals surface area contributed by atoms with Crippen molar-refractivity contribution in [2.75, 3.05) is 13.6 Å². The molecule has 0 fully saturated rings. The van der Waals surface area contributed by atoms with Gasteiger partial charge in [-0.25, -0.2) is 15.0 Å². The van der Waals surface area contributed by atoms with Gasteiger partial charge >= 0.3 is 0 Å². The Morgan fingerprint density at radius 1 is 1.26 bits per heavy atom. The number of aromatic nitrogens is 4. The van der Waals surface area contributed by atoms with E-state index in [1.165, 1.54) is 6.33 Å². The maximum Gasteiger partial charge on any atom is 0.272 e. The lowest BCUT2D eigenvalue weighted by molar-refractivity contribution is -0.124. The number of amides is 2. The summed E-state index contributed by atoms with van der Waals surface area (Å²) in [5.41, 5.74) is 1.42. The Morgan fingerprint density at radius 3 is 2.59 bits per heavy atom. The van der Waals surface area contributed by atoms with Gasteiger partial charge in [0.25, 0.3) is 5.91 Å². The van der Waals surface area contributed by atoms with Gasteiger partial charge in [0.05, 0.1) is 11.3 Å². The van der Waals surface area contributed by atoms with Gasteiger partial charge in [-0.05, 0) is 5.41 Å². The molecule has 3 rings (SSSR count). The lowest BCUT2D eigenvalue weighted by Gasteiger charge is -2.29. The second kappa shape index (κ2) is 7.43. The molecule has 2 aromatic heterocycles. The van der Waals surface area contributed by atoms with Gasteiger partial charge in [0.15, 0.2) is 5.69 Å². The van der Waals surface area contributed by atoms with Crippen LogP contribution in [0.15, 0.2) is 18.7 Å². The molecule has 0 radical (unpaired) electrons. The third kappa shape index (κ3) is 3.82. The van der Waals surface area contributed by atoms with Crippen molar-refractivity contribution in [1.29, 1.82) is 0 Å². The van der Waals surface area contributed by atoms with Gasteiger partial charge in [0, 0.05) is 39.1 Å². The fourth-order valence-electron chi connectivity index (χ4n) is 3.14. The number of likely N-dealkylation sites (N-methyl/N-ethyl adjacent to an activating group) is 1. The molecule has 144 valence electrons. The Bertz CT molecular complexity index is 839. The Balaban J connectivity index is 1.98. The molecule has 0 saturated heterocycles. The molecule has 2 aromatic rings. The average molecular weight is 371 g/mol. The van der Waals surface area contributed by atoms with E-state index in [0.29, 0.717) is 24.6 Å². The monoisotopic (exact) mass is 371 g/mol.